The fourth-order valence-corrected chi connectivity index (χ4v) is 3.36. The van der Waals surface area contributed by atoms with Gasteiger partial charge in [-0.15, -0.1) is 11.8 Å². The van der Waals surface area contributed by atoms with Crippen LogP contribution in [0.1, 0.15) is 5.56 Å². The number of carbonyl (C=O) groups excluding carboxylic acids is 1. The van der Waals surface area contributed by atoms with Gasteiger partial charge in [-0.3, -0.25) is 9.69 Å². The molecule has 1 saturated heterocycles. The third-order valence-electron chi connectivity index (χ3n) is 4.51. The molecule has 1 N–H and O–H groups in total. The molecule has 0 saturated carbocycles. The molecule has 0 atom stereocenters. The third-order valence-corrected chi connectivity index (χ3v) is 5.26. The molecule has 2 heterocycles. The molecule has 2 aromatic rings. The van der Waals surface area contributed by atoms with Gasteiger partial charge >= 0.3 is 6.18 Å². The molecule has 5 nitrogen and oxygen atoms in total. The van der Waals surface area contributed by atoms with Crippen LogP contribution in [-0.4, -0.2) is 54.8 Å². The summed E-state index contributed by atoms with van der Waals surface area (Å²) in [5.41, 5.74) is 0.00695. The Labute approximate surface area is 165 Å². The van der Waals surface area contributed by atoms with Gasteiger partial charge < -0.3 is 10.2 Å². The molecule has 150 valence electrons. The van der Waals surface area contributed by atoms with E-state index in [9.17, 15) is 18.0 Å². The summed E-state index contributed by atoms with van der Waals surface area (Å²) >= 11 is 1.64. The van der Waals surface area contributed by atoms with Gasteiger partial charge in [-0.05, 0) is 42.7 Å². The van der Waals surface area contributed by atoms with E-state index in [4.69, 9.17) is 0 Å². The average Bonchev–Trinajstić information content (AvgIpc) is 2.68. The molecule has 1 aromatic carbocycles. The highest BCUT2D eigenvalue weighted by Crippen LogP contribution is 2.29. The fraction of sp³-hybridized carbons (Fsp3) is 0.368. The lowest BCUT2D eigenvalue weighted by Gasteiger charge is -2.35. The number of hydrogen-bond acceptors (Lipinski definition) is 5. The number of thioether (sulfide) groups is 1. The van der Waals surface area contributed by atoms with Crippen molar-refractivity contribution in [3.63, 3.8) is 0 Å². The molecule has 1 fully saturated rings. The first kappa shape index (κ1) is 20.5. The van der Waals surface area contributed by atoms with E-state index in [2.05, 4.69) is 10.3 Å². The smallest absolute Gasteiger partial charge is 0.354 e. The highest BCUT2D eigenvalue weighted by atomic mass is 32.2. The lowest BCUT2D eigenvalue weighted by molar-refractivity contribution is -0.137. The van der Waals surface area contributed by atoms with Crippen LogP contribution >= 0.6 is 11.8 Å². The first-order valence-electron chi connectivity index (χ1n) is 8.79. The summed E-state index contributed by atoms with van der Waals surface area (Å²) in [6.07, 6.45) is -1.53. The summed E-state index contributed by atoms with van der Waals surface area (Å²) in [6, 6.07) is 10.1. The van der Waals surface area contributed by atoms with Gasteiger partial charge in [0.2, 0.25) is 5.91 Å². The van der Waals surface area contributed by atoms with Crippen molar-refractivity contribution in [3.05, 3.63) is 48.2 Å². The van der Waals surface area contributed by atoms with Gasteiger partial charge in [0.1, 0.15) is 5.82 Å². The van der Waals surface area contributed by atoms with Gasteiger partial charge in [0.15, 0.2) is 0 Å². The molecule has 28 heavy (non-hydrogen) atoms. The molecule has 3 rings (SSSR count). The number of benzene rings is 1. The van der Waals surface area contributed by atoms with Crippen LogP contribution in [0, 0.1) is 0 Å². The number of rotatable bonds is 5. The van der Waals surface area contributed by atoms with Crippen LogP contribution in [0.25, 0.3) is 0 Å². The van der Waals surface area contributed by atoms with E-state index >= 15 is 0 Å². The van der Waals surface area contributed by atoms with E-state index in [0.29, 0.717) is 32.0 Å². The summed E-state index contributed by atoms with van der Waals surface area (Å²) in [6.45, 7) is 2.77. The first-order valence-corrected chi connectivity index (χ1v) is 10.0. The largest absolute Gasteiger partial charge is 0.417 e. The Morgan fingerprint density at radius 1 is 1.11 bits per heavy atom. The van der Waals surface area contributed by atoms with E-state index < -0.39 is 11.7 Å². The van der Waals surface area contributed by atoms with E-state index in [1.54, 1.807) is 11.8 Å². The number of piperazine rings is 1. The number of pyridine rings is 1. The van der Waals surface area contributed by atoms with Crippen LogP contribution in [-0.2, 0) is 11.0 Å². The van der Waals surface area contributed by atoms with Crippen LogP contribution in [0.3, 0.4) is 0 Å². The Morgan fingerprint density at radius 3 is 2.32 bits per heavy atom. The first-order chi connectivity index (χ1) is 13.3. The normalized spacial score (nSPS) is 15.5. The number of anilines is 2. The van der Waals surface area contributed by atoms with Crippen molar-refractivity contribution in [2.75, 3.05) is 49.2 Å². The summed E-state index contributed by atoms with van der Waals surface area (Å²) in [5.74, 6) is 0.434. The van der Waals surface area contributed by atoms with E-state index in [1.807, 2.05) is 40.3 Å². The molecular weight excluding hydrogens is 389 g/mol. The molecule has 9 heteroatoms. The van der Waals surface area contributed by atoms with Crippen molar-refractivity contribution in [2.24, 2.45) is 0 Å². The zero-order chi connectivity index (χ0) is 20.1. The predicted octanol–water partition coefficient (Wildman–Crippen LogP) is 3.58. The summed E-state index contributed by atoms with van der Waals surface area (Å²) < 4.78 is 37.9. The SMILES string of the molecule is CSc1ccc(NC(=O)CN2CCN(c3ccc(C(F)(F)F)cn3)CC2)cc1. The lowest BCUT2D eigenvalue weighted by atomic mass is 10.2. The number of aromatic nitrogens is 1. The van der Waals surface area contributed by atoms with Gasteiger partial charge in [-0.25, -0.2) is 4.98 Å². The second-order valence-electron chi connectivity index (χ2n) is 6.44. The number of amides is 1. The van der Waals surface area contributed by atoms with Crippen molar-refractivity contribution in [2.45, 2.75) is 11.1 Å². The number of nitrogens with one attached hydrogen (secondary N) is 1. The van der Waals surface area contributed by atoms with E-state index in [0.717, 1.165) is 22.8 Å². The van der Waals surface area contributed by atoms with Crippen molar-refractivity contribution >= 4 is 29.2 Å². The topological polar surface area (TPSA) is 48.5 Å². The minimum Gasteiger partial charge on any atom is -0.354 e. The third kappa shape index (κ3) is 5.39. The lowest BCUT2D eigenvalue weighted by Crippen LogP contribution is -2.48. The minimum absolute atomic E-state index is 0.0852. The minimum atomic E-state index is -4.38. The molecule has 1 aliphatic heterocycles. The second kappa shape index (κ2) is 8.83. The molecule has 1 aromatic heterocycles. The molecule has 0 bridgehead atoms. The molecule has 0 aliphatic carbocycles. The number of alkyl halides is 3. The Kier molecular flexibility index (Phi) is 6.46. The Hall–Kier alpha value is -2.26. The number of carbonyl (C=O) groups is 1. The van der Waals surface area contributed by atoms with E-state index in [1.165, 1.54) is 6.07 Å². The maximum atomic E-state index is 12.6. The summed E-state index contributed by atoms with van der Waals surface area (Å²) in [5, 5.41) is 2.88. The highest BCUT2D eigenvalue weighted by molar-refractivity contribution is 7.98. The van der Waals surface area contributed by atoms with Crippen LogP contribution in [0.2, 0.25) is 0 Å². The van der Waals surface area contributed by atoms with Gasteiger partial charge in [-0.1, -0.05) is 0 Å². The van der Waals surface area contributed by atoms with Crippen LogP contribution < -0.4 is 10.2 Å². The highest BCUT2D eigenvalue weighted by Gasteiger charge is 2.31. The van der Waals surface area contributed by atoms with Crippen molar-refractivity contribution in [3.8, 4) is 0 Å². The van der Waals surface area contributed by atoms with Crippen molar-refractivity contribution in [1.82, 2.24) is 9.88 Å². The van der Waals surface area contributed by atoms with Gasteiger partial charge in [0.25, 0.3) is 0 Å². The molecule has 1 amide bonds. The van der Waals surface area contributed by atoms with E-state index in [-0.39, 0.29) is 12.5 Å². The molecular formula is C19H21F3N4OS. The van der Waals surface area contributed by atoms with Gasteiger partial charge in [-0.2, -0.15) is 13.2 Å². The number of halogens is 3. The monoisotopic (exact) mass is 410 g/mol. The number of hydrogen-bond donors (Lipinski definition) is 1. The summed E-state index contributed by atoms with van der Waals surface area (Å²) in [7, 11) is 0. The Balaban J connectivity index is 1.47. The van der Waals surface area contributed by atoms with Gasteiger partial charge in [0, 0.05) is 43.0 Å². The molecule has 0 spiro atoms. The standard InChI is InChI=1S/C19H21F3N4OS/c1-28-16-5-3-15(4-6-16)24-18(27)13-25-8-10-26(11-9-25)17-7-2-14(12-23-17)19(20,21)22/h2-7,12H,8-11,13H2,1H3,(H,24,27). The maximum Gasteiger partial charge on any atom is 0.417 e. The summed E-state index contributed by atoms with van der Waals surface area (Å²) in [4.78, 5) is 21.2. The molecule has 0 radical (unpaired) electrons. The fourth-order valence-electron chi connectivity index (χ4n) is 2.95. The predicted molar refractivity (Wildman–Crippen MR) is 105 cm³/mol. The quantitative estimate of drug-likeness (QED) is 0.764. The zero-order valence-electron chi connectivity index (χ0n) is 15.4. The second-order valence-corrected chi connectivity index (χ2v) is 7.32. The Bertz CT molecular complexity index is 788. The zero-order valence-corrected chi connectivity index (χ0v) is 16.2. The average molecular weight is 410 g/mol. The van der Waals surface area contributed by atoms with Crippen molar-refractivity contribution < 1.29 is 18.0 Å². The van der Waals surface area contributed by atoms with Crippen LogP contribution in [0.4, 0.5) is 24.7 Å². The molecule has 1 aliphatic rings. The van der Waals surface area contributed by atoms with Gasteiger partial charge in [0.05, 0.1) is 12.1 Å². The number of nitrogens with zero attached hydrogens (tertiary/aromatic N) is 3. The Morgan fingerprint density at radius 2 is 1.79 bits per heavy atom. The maximum absolute atomic E-state index is 12.6. The van der Waals surface area contributed by atoms with Crippen LogP contribution in [0.5, 0.6) is 0 Å². The van der Waals surface area contributed by atoms with Crippen molar-refractivity contribution in [1.29, 1.82) is 0 Å². The molecule has 0 unspecified atom stereocenters. The van der Waals surface area contributed by atoms with Crippen LogP contribution in [0.15, 0.2) is 47.5 Å².